The third-order valence-electron chi connectivity index (χ3n) is 5.85. The van der Waals surface area contributed by atoms with Crippen LogP contribution < -0.4 is 9.47 Å². The highest BCUT2D eigenvalue weighted by atomic mass is 16.7. The SMILES string of the molecule is CC(=NOCC(=O)OCC(=O)c1ccc(C2CCCCC2)cc1)c1ccc2c(c1)OCO2. The first-order valence-corrected chi connectivity index (χ1v) is 11.0. The maximum atomic E-state index is 12.3. The van der Waals surface area contributed by atoms with E-state index in [1.54, 1.807) is 19.1 Å². The average Bonchev–Trinajstić information content (AvgIpc) is 3.31. The number of hydrogen-bond acceptors (Lipinski definition) is 7. The molecule has 0 unspecified atom stereocenters. The van der Waals surface area contributed by atoms with Gasteiger partial charge in [-0.2, -0.15) is 0 Å². The molecule has 4 rings (SSSR count). The molecule has 2 aromatic carbocycles. The molecule has 0 amide bonds. The minimum atomic E-state index is -0.653. The van der Waals surface area contributed by atoms with Crippen LogP contribution in [0.3, 0.4) is 0 Å². The second-order valence-corrected chi connectivity index (χ2v) is 8.06. The second kappa shape index (κ2) is 10.3. The molecule has 0 aromatic heterocycles. The Balaban J connectivity index is 1.21. The number of nitrogens with zero attached hydrogens (tertiary/aromatic N) is 1. The van der Waals surface area contributed by atoms with Crippen LogP contribution in [0.4, 0.5) is 0 Å². The summed E-state index contributed by atoms with van der Waals surface area (Å²) >= 11 is 0. The van der Waals surface area contributed by atoms with Crippen LogP contribution in [0.5, 0.6) is 11.5 Å². The number of ether oxygens (including phenoxy) is 3. The van der Waals surface area contributed by atoms with Crippen molar-refractivity contribution in [1.82, 2.24) is 0 Å². The summed E-state index contributed by atoms with van der Waals surface area (Å²) in [6.07, 6.45) is 6.27. The van der Waals surface area contributed by atoms with E-state index in [-0.39, 0.29) is 25.8 Å². The van der Waals surface area contributed by atoms with E-state index in [4.69, 9.17) is 19.0 Å². The van der Waals surface area contributed by atoms with Crippen LogP contribution >= 0.6 is 0 Å². The van der Waals surface area contributed by atoms with Crippen LogP contribution in [0.15, 0.2) is 47.6 Å². The highest BCUT2D eigenvalue weighted by molar-refractivity contribution is 5.99. The second-order valence-electron chi connectivity index (χ2n) is 8.06. The molecule has 0 bridgehead atoms. The van der Waals surface area contributed by atoms with E-state index >= 15 is 0 Å². The summed E-state index contributed by atoms with van der Waals surface area (Å²) in [5.41, 5.74) is 3.18. The molecule has 1 aliphatic carbocycles. The predicted octanol–water partition coefficient (Wildman–Crippen LogP) is 4.63. The summed E-state index contributed by atoms with van der Waals surface area (Å²) < 4.78 is 15.6. The van der Waals surface area contributed by atoms with Crippen molar-refractivity contribution in [3.05, 3.63) is 59.2 Å². The van der Waals surface area contributed by atoms with Crippen molar-refractivity contribution in [3.63, 3.8) is 0 Å². The zero-order valence-electron chi connectivity index (χ0n) is 18.2. The minimum absolute atomic E-state index is 0.195. The molecule has 0 N–H and O–H groups in total. The molecule has 0 spiro atoms. The van der Waals surface area contributed by atoms with E-state index in [9.17, 15) is 9.59 Å². The molecule has 7 nitrogen and oxygen atoms in total. The predicted molar refractivity (Wildman–Crippen MR) is 118 cm³/mol. The zero-order valence-corrected chi connectivity index (χ0v) is 18.2. The maximum Gasteiger partial charge on any atom is 0.347 e. The summed E-state index contributed by atoms with van der Waals surface area (Å²) in [5, 5.41) is 3.93. The Bertz CT molecular complexity index is 992. The Labute approximate surface area is 187 Å². The Hall–Kier alpha value is -3.35. The van der Waals surface area contributed by atoms with Crippen LogP contribution in [0.25, 0.3) is 0 Å². The van der Waals surface area contributed by atoms with Gasteiger partial charge >= 0.3 is 5.97 Å². The Morgan fingerprint density at radius 2 is 1.66 bits per heavy atom. The van der Waals surface area contributed by atoms with Crippen molar-refractivity contribution in [2.75, 3.05) is 20.0 Å². The number of oxime groups is 1. The van der Waals surface area contributed by atoms with Gasteiger partial charge in [-0.3, -0.25) is 4.79 Å². The molecule has 1 saturated carbocycles. The number of fused-ring (bicyclic) bond motifs is 1. The number of rotatable bonds is 8. The Kier molecular flexibility index (Phi) is 7.04. The smallest absolute Gasteiger partial charge is 0.347 e. The number of carbonyl (C=O) groups excluding carboxylic acids is 2. The van der Waals surface area contributed by atoms with Crippen LogP contribution in [0.1, 0.15) is 66.4 Å². The molecular formula is C25H27NO6. The normalized spacial score (nSPS) is 16.0. The quantitative estimate of drug-likeness (QED) is 0.259. The van der Waals surface area contributed by atoms with Crippen molar-refractivity contribution >= 4 is 17.5 Å². The lowest BCUT2D eigenvalue weighted by molar-refractivity contribution is -0.147. The van der Waals surface area contributed by atoms with Gasteiger partial charge in [0.25, 0.3) is 0 Å². The van der Waals surface area contributed by atoms with Crippen LogP contribution in [-0.4, -0.2) is 37.5 Å². The standard InChI is InChI=1S/C25H27NO6/c1-17(21-11-12-23-24(13-21)31-16-30-23)26-32-15-25(28)29-14-22(27)20-9-7-19(8-10-20)18-5-3-2-4-6-18/h7-13,18H,2-6,14-16H2,1H3. The fourth-order valence-electron chi connectivity index (χ4n) is 4.00. The van der Waals surface area contributed by atoms with Crippen LogP contribution in [0.2, 0.25) is 0 Å². The summed E-state index contributed by atoms with van der Waals surface area (Å²) in [4.78, 5) is 29.3. The third kappa shape index (κ3) is 5.46. The molecule has 2 aromatic rings. The fraction of sp³-hybridized carbons (Fsp3) is 0.400. The van der Waals surface area contributed by atoms with Gasteiger partial charge in [0.2, 0.25) is 13.4 Å². The maximum absolute atomic E-state index is 12.3. The first-order chi connectivity index (χ1) is 15.6. The van der Waals surface area contributed by atoms with E-state index < -0.39 is 5.97 Å². The molecule has 0 atom stereocenters. The first-order valence-electron chi connectivity index (χ1n) is 11.0. The van der Waals surface area contributed by atoms with Crippen molar-refractivity contribution < 1.29 is 28.6 Å². The fourth-order valence-corrected chi connectivity index (χ4v) is 4.00. The molecule has 0 radical (unpaired) electrons. The monoisotopic (exact) mass is 437 g/mol. The number of esters is 1. The molecule has 1 aliphatic heterocycles. The lowest BCUT2D eigenvalue weighted by atomic mass is 9.84. The molecule has 32 heavy (non-hydrogen) atoms. The number of ketones is 1. The lowest BCUT2D eigenvalue weighted by Gasteiger charge is -2.22. The van der Waals surface area contributed by atoms with Gasteiger partial charge in [-0.15, -0.1) is 0 Å². The van der Waals surface area contributed by atoms with Crippen molar-refractivity contribution in [1.29, 1.82) is 0 Å². The summed E-state index contributed by atoms with van der Waals surface area (Å²) in [6.45, 7) is 1.25. The number of hydrogen-bond donors (Lipinski definition) is 0. The van der Waals surface area contributed by atoms with E-state index in [1.807, 2.05) is 30.3 Å². The summed E-state index contributed by atoms with van der Waals surface area (Å²) in [6, 6.07) is 13.1. The highest BCUT2D eigenvalue weighted by Crippen LogP contribution is 2.33. The van der Waals surface area contributed by atoms with E-state index in [0.717, 1.165) is 5.56 Å². The number of benzene rings is 2. The average molecular weight is 437 g/mol. The van der Waals surface area contributed by atoms with Crippen LogP contribution in [0, 0.1) is 0 Å². The highest BCUT2D eigenvalue weighted by Gasteiger charge is 2.17. The van der Waals surface area contributed by atoms with Crippen molar-refractivity contribution in [3.8, 4) is 11.5 Å². The molecular weight excluding hydrogens is 410 g/mol. The van der Waals surface area contributed by atoms with Gasteiger partial charge in [-0.05, 0) is 49.4 Å². The Morgan fingerprint density at radius 1 is 0.938 bits per heavy atom. The van der Waals surface area contributed by atoms with Gasteiger partial charge < -0.3 is 19.0 Å². The Morgan fingerprint density at radius 3 is 2.44 bits per heavy atom. The number of carbonyl (C=O) groups is 2. The summed E-state index contributed by atoms with van der Waals surface area (Å²) in [7, 11) is 0. The topological polar surface area (TPSA) is 83.4 Å². The van der Waals surface area contributed by atoms with Gasteiger partial charge in [0.05, 0.1) is 5.71 Å². The zero-order chi connectivity index (χ0) is 22.3. The first kappa shape index (κ1) is 21.9. The van der Waals surface area contributed by atoms with Gasteiger partial charge in [0.1, 0.15) is 0 Å². The number of Topliss-reactive ketones (excluding diaryl/α,β-unsaturated/α-hetero) is 1. The molecule has 7 heteroatoms. The molecule has 0 saturated heterocycles. The van der Waals surface area contributed by atoms with Gasteiger partial charge in [0, 0.05) is 11.1 Å². The molecule has 1 fully saturated rings. The van der Waals surface area contributed by atoms with E-state index in [1.165, 1.54) is 37.7 Å². The third-order valence-corrected chi connectivity index (χ3v) is 5.85. The van der Waals surface area contributed by atoms with E-state index in [2.05, 4.69) is 5.16 Å². The van der Waals surface area contributed by atoms with Crippen molar-refractivity contribution in [2.45, 2.75) is 44.9 Å². The van der Waals surface area contributed by atoms with Gasteiger partial charge in [-0.25, -0.2) is 4.79 Å². The van der Waals surface area contributed by atoms with E-state index in [0.29, 0.717) is 28.7 Å². The molecule has 168 valence electrons. The minimum Gasteiger partial charge on any atom is -0.455 e. The van der Waals surface area contributed by atoms with Gasteiger partial charge in [0.15, 0.2) is 23.9 Å². The lowest BCUT2D eigenvalue weighted by Crippen LogP contribution is -2.17. The summed E-state index contributed by atoms with van der Waals surface area (Å²) in [5.74, 6) is 1.01. The van der Waals surface area contributed by atoms with Gasteiger partial charge in [-0.1, -0.05) is 48.7 Å². The largest absolute Gasteiger partial charge is 0.455 e. The van der Waals surface area contributed by atoms with Crippen molar-refractivity contribution in [2.24, 2.45) is 5.16 Å². The molecule has 2 aliphatic rings. The van der Waals surface area contributed by atoms with Crippen LogP contribution in [-0.2, 0) is 14.4 Å². The molecule has 1 heterocycles.